The first-order chi connectivity index (χ1) is 30.0. The van der Waals surface area contributed by atoms with Gasteiger partial charge in [-0.1, -0.05) is 251 Å². The summed E-state index contributed by atoms with van der Waals surface area (Å²) in [5.41, 5.74) is 0. The second-order valence-electron chi connectivity index (χ2n) is 18.9. The summed E-state index contributed by atoms with van der Waals surface area (Å²) in [7, 11) is 0. The van der Waals surface area contributed by atoms with E-state index in [9.17, 15) is 19.8 Å². The summed E-state index contributed by atoms with van der Waals surface area (Å²) in [5.74, 6) is -0.0593. The zero-order valence-electron chi connectivity index (χ0n) is 41.2. The molecule has 0 aromatic rings. The van der Waals surface area contributed by atoms with Crippen molar-refractivity contribution in [2.75, 3.05) is 13.2 Å². The van der Waals surface area contributed by atoms with Gasteiger partial charge in [0.25, 0.3) is 0 Å². The number of carbonyl (C=O) groups excluding carboxylic acids is 2. The highest BCUT2D eigenvalue weighted by atomic mass is 16.5. The van der Waals surface area contributed by atoms with Crippen LogP contribution < -0.4 is 5.32 Å². The zero-order valence-corrected chi connectivity index (χ0v) is 41.2. The van der Waals surface area contributed by atoms with Crippen molar-refractivity contribution in [2.45, 2.75) is 315 Å². The smallest absolute Gasteiger partial charge is 0.305 e. The van der Waals surface area contributed by atoms with Crippen molar-refractivity contribution < 1.29 is 24.5 Å². The topological polar surface area (TPSA) is 95.9 Å². The number of nitrogens with one attached hydrogen (secondary N) is 1. The van der Waals surface area contributed by atoms with Crippen molar-refractivity contribution in [3.05, 3.63) is 12.2 Å². The van der Waals surface area contributed by atoms with E-state index in [-0.39, 0.29) is 18.5 Å². The Kier molecular flexibility index (Phi) is 50.1. The van der Waals surface area contributed by atoms with Gasteiger partial charge in [-0.25, -0.2) is 0 Å². The number of amides is 1. The Labute approximate surface area is 380 Å². The van der Waals surface area contributed by atoms with Crippen molar-refractivity contribution in [3.8, 4) is 0 Å². The van der Waals surface area contributed by atoms with Crippen LogP contribution in [0.4, 0.5) is 0 Å². The lowest BCUT2D eigenvalue weighted by atomic mass is 10.0. The van der Waals surface area contributed by atoms with Crippen LogP contribution in [0, 0.1) is 0 Å². The molecule has 61 heavy (non-hydrogen) atoms. The Morgan fingerprint density at radius 1 is 0.443 bits per heavy atom. The van der Waals surface area contributed by atoms with Gasteiger partial charge in [0.2, 0.25) is 5.91 Å². The first-order valence-corrected chi connectivity index (χ1v) is 27.4. The Balaban J connectivity index is 3.45. The maximum atomic E-state index is 12.5. The van der Waals surface area contributed by atoms with E-state index in [2.05, 4.69) is 31.3 Å². The Hall–Kier alpha value is -1.40. The minimum absolute atomic E-state index is 0.0133. The summed E-state index contributed by atoms with van der Waals surface area (Å²) in [6, 6.07) is -0.551. The van der Waals surface area contributed by atoms with Crippen molar-refractivity contribution in [3.63, 3.8) is 0 Å². The molecule has 6 nitrogen and oxygen atoms in total. The number of hydrogen-bond donors (Lipinski definition) is 3. The van der Waals surface area contributed by atoms with E-state index < -0.39 is 12.1 Å². The van der Waals surface area contributed by atoms with Gasteiger partial charge >= 0.3 is 5.97 Å². The lowest BCUT2D eigenvalue weighted by molar-refractivity contribution is -0.143. The van der Waals surface area contributed by atoms with Gasteiger partial charge in [-0.15, -0.1) is 0 Å². The van der Waals surface area contributed by atoms with E-state index in [1.54, 1.807) is 0 Å². The molecule has 0 aliphatic heterocycles. The lowest BCUT2D eigenvalue weighted by Gasteiger charge is -2.22. The van der Waals surface area contributed by atoms with Crippen LogP contribution in [0.1, 0.15) is 303 Å². The molecule has 6 heteroatoms. The fourth-order valence-electron chi connectivity index (χ4n) is 8.58. The molecule has 0 aliphatic carbocycles. The maximum Gasteiger partial charge on any atom is 0.305 e. The Morgan fingerprint density at radius 3 is 1.16 bits per heavy atom. The monoisotopic (exact) mass is 862 g/mol. The first kappa shape index (κ1) is 59.6. The van der Waals surface area contributed by atoms with E-state index >= 15 is 0 Å². The molecule has 0 rings (SSSR count). The number of allylic oxidation sites excluding steroid dienone is 2. The van der Waals surface area contributed by atoms with Gasteiger partial charge in [-0.3, -0.25) is 9.59 Å². The molecule has 0 saturated carbocycles. The van der Waals surface area contributed by atoms with Crippen molar-refractivity contribution in [1.82, 2.24) is 5.32 Å². The van der Waals surface area contributed by atoms with Crippen molar-refractivity contribution in [1.29, 1.82) is 0 Å². The fourth-order valence-corrected chi connectivity index (χ4v) is 8.58. The van der Waals surface area contributed by atoms with E-state index in [0.717, 1.165) is 51.4 Å². The number of esters is 1. The molecule has 0 fully saturated rings. The highest BCUT2D eigenvalue weighted by Crippen LogP contribution is 2.17. The molecule has 0 saturated heterocycles. The predicted molar refractivity (Wildman–Crippen MR) is 264 cm³/mol. The number of carbonyl (C=O) groups is 2. The Morgan fingerprint density at radius 2 is 0.770 bits per heavy atom. The van der Waals surface area contributed by atoms with Crippen LogP contribution in [-0.4, -0.2) is 47.4 Å². The zero-order chi connectivity index (χ0) is 44.4. The summed E-state index contributed by atoms with van der Waals surface area (Å²) in [6.45, 7) is 4.93. The van der Waals surface area contributed by atoms with E-state index in [1.807, 2.05) is 0 Å². The second kappa shape index (κ2) is 51.2. The van der Waals surface area contributed by atoms with Crippen molar-refractivity contribution >= 4 is 11.9 Å². The third kappa shape index (κ3) is 47.9. The van der Waals surface area contributed by atoms with Gasteiger partial charge in [-0.05, 0) is 51.4 Å². The van der Waals surface area contributed by atoms with Crippen LogP contribution in [0.2, 0.25) is 0 Å². The maximum absolute atomic E-state index is 12.5. The number of unbranched alkanes of at least 4 members (excludes halogenated alkanes) is 38. The average molecular weight is 862 g/mol. The molecule has 0 spiro atoms. The van der Waals surface area contributed by atoms with Gasteiger partial charge in [0, 0.05) is 12.8 Å². The standard InChI is InChI=1S/C55H107NO5/c1-3-5-7-9-11-13-15-17-19-20-21-23-27-31-35-39-43-47-53(58)52(51-57)56-54(59)48-44-40-36-32-28-24-22-26-30-34-38-42-46-50-61-55(60)49-45-41-37-33-29-25-18-16-14-12-10-8-6-4-2/h16,18,52-53,57-58H,3-15,17,19-51H2,1-2H3,(H,56,59)/b18-16-. The second-order valence-corrected chi connectivity index (χ2v) is 18.9. The number of ether oxygens (including phenoxy) is 1. The highest BCUT2D eigenvalue weighted by Gasteiger charge is 2.20. The third-order valence-electron chi connectivity index (χ3n) is 12.8. The normalized spacial score (nSPS) is 12.7. The first-order valence-electron chi connectivity index (χ1n) is 27.4. The molecule has 3 N–H and O–H groups in total. The minimum atomic E-state index is -0.672. The number of aliphatic hydroxyl groups excluding tert-OH is 2. The highest BCUT2D eigenvalue weighted by molar-refractivity contribution is 5.76. The SMILES string of the molecule is CCCCCCC/C=C\CCCCCCCC(=O)OCCCCCCCCCCCCCCCC(=O)NC(CO)C(O)CCCCCCCCCCCCCCCCCCC. The Bertz CT molecular complexity index is 909. The van der Waals surface area contributed by atoms with Crippen LogP contribution >= 0.6 is 0 Å². The number of hydrogen-bond acceptors (Lipinski definition) is 5. The third-order valence-corrected chi connectivity index (χ3v) is 12.8. The van der Waals surface area contributed by atoms with Crippen LogP contribution in [0.5, 0.6) is 0 Å². The summed E-state index contributed by atoms with van der Waals surface area (Å²) in [4.78, 5) is 24.5. The average Bonchev–Trinajstić information content (AvgIpc) is 3.26. The van der Waals surface area contributed by atoms with E-state index in [1.165, 1.54) is 218 Å². The minimum Gasteiger partial charge on any atom is -0.466 e. The molecule has 1 amide bonds. The van der Waals surface area contributed by atoms with Crippen LogP contribution in [0.15, 0.2) is 12.2 Å². The van der Waals surface area contributed by atoms with E-state index in [0.29, 0.717) is 25.9 Å². The molecule has 0 aliphatic rings. The van der Waals surface area contributed by atoms with Crippen LogP contribution in [-0.2, 0) is 14.3 Å². The van der Waals surface area contributed by atoms with Gasteiger partial charge in [0.1, 0.15) is 0 Å². The summed E-state index contributed by atoms with van der Waals surface area (Å²) in [6.07, 6.45) is 59.0. The van der Waals surface area contributed by atoms with Crippen LogP contribution in [0.3, 0.4) is 0 Å². The molecule has 362 valence electrons. The molecule has 0 aromatic heterocycles. The molecule has 2 atom stereocenters. The van der Waals surface area contributed by atoms with Crippen LogP contribution in [0.25, 0.3) is 0 Å². The molecule has 2 unspecified atom stereocenters. The quantitative estimate of drug-likeness (QED) is 0.0322. The molecule has 0 bridgehead atoms. The van der Waals surface area contributed by atoms with Gasteiger partial charge in [-0.2, -0.15) is 0 Å². The molecule has 0 radical (unpaired) electrons. The molecular formula is C55H107NO5. The predicted octanol–water partition coefficient (Wildman–Crippen LogP) is 16.5. The van der Waals surface area contributed by atoms with E-state index in [4.69, 9.17) is 4.74 Å². The lowest BCUT2D eigenvalue weighted by Crippen LogP contribution is -2.45. The molecule has 0 aromatic carbocycles. The largest absolute Gasteiger partial charge is 0.466 e. The van der Waals surface area contributed by atoms with Gasteiger partial charge in [0.15, 0.2) is 0 Å². The molecule has 0 heterocycles. The van der Waals surface area contributed by atoms with Gasteiger partial charge in [0.05, 0.1) is 25.4 Å². The fraction of sp³-hybridized carbons (Fsp3) is 0.927. The number of rotatable bonds is 51. The summed E-state index contributed by atoms with van der Waals surface area (Å²) < 4.78 is 5.46. The molecular weight excluding hydrogens is 755 g/mol. The van der Waals surface area contributed by atoms with Crippen molar-refractivity contribution in [2.24, 2.45) is 0 Å². The van der Waals surface area contributed by atoms with Gasteiger partial charge < -0.3 is 20.3 Å². The number of aliphatic hydroxyl groups is 2. The summed E-state index contributed by atoms with van der Waals surface area (Å²) in [5, 5.41) is 23.3. The summed E-state index contributed by atoms with van der Waals surface area (Å²) >= 11 is 0.